The number of aliphatic hydroxyl groups is 1. The molecular weight excluding hydrogens is 781 g/mol. The number of nitrogens with zero attached hydrogens (tertiary/aromatic N) is 2. The Balaban J connectivity index is 0.000000397. The van der Waals surface area contributed by atoms with Crippen LogP contribution < -0.4 is 0 Å². The van der Waals surface area contributed by atoms with E-state index >= 15 is 0 Å². The molecule has 0 aliphatic rings. The van der Waals surface area contributed by atoms with E-state index in [4.69, 9.17) is 15.1 Å². The van der Waals surface area contributed by atoms with Gasteiger partial charge < -0.3 is 15.1 Å². The van der Waals surface area contributed by atoms with Gasteiger partial charge in [-0.1, -0.05) is 77.6 Å². The van der Waals surface area contributed by atoms with Gasteiger partial charge in [0.1, 0.15) is 0 Å². The van der Waals surface area contributed by atoms with Crippen molar-refractivity contribution in [1.29, 1.82) is 0 Å². The van der Waals surface area contributed by atoms with Gasteiger partial charge in [-0.25, -0.2) is 0 Å². The van der Waals surface area contributed by atoms with Gasteiger partial charge in [-0.2, -0.15) is 0 Å². The van der Waals surface area contributed by atoms with Crippen LogP contribution >= 0.6 is 0 Å². The van der Waals surface area contributed by atoms with Crippen molar-refractivity contribution in [2.24, 2.45) is 0 Å². The molecule has 4 rings (SSSR count). The number of Topliss-reactive ketones (excluding diaryl/α,β-unsaturated/α-hetero) is 1. The van der Waals surface area contributed by atoms with Gasteiger partial charge in [0.25, 0.3) is 0 Å². The van der Waals surface area contributed by atoms with Crippen molar-refractivity contribution < 1.29 is 30.0 Å². The maximum atomic E-state index is 10.4. The molecule has 0 aliphatic carbocycles. The molecule has 267 valence electrons. The second-order valence-electron chi connectivity index (χ2n) is 13.6. The van der Waals surface area contributed by atoms with E-state index in [0.717, 1.165) is 33.9 Å². The Morgan fingerprint density at radius 1 is 0.449 bits per heavy atom. The summed E-state index contributed by atoms with van der Waals surface area (Å²) in [7, 11) is 0. The smallest absolute Gasteiger partial charge is 0.158 e. The minimum atomic E-state index is -0.0787. The van der Waals surface area contributed by atoms with E-state index in [1.807, 2.05) is 0 Å². The molecule has 2 aromatic carbocycles. The van der Waals surface area contributed by atoms with E-state index in [2.05, 4.69) is 123 Å². The molecule has 0 spiro atoms. The normalized spacial score (nSPS) is 11.1. The van der Waals surface area contributed by atoms with Crippen molar-refractivity contribution in [3.05, 3.63) is 113 Å². The van der Waals surface area contributed by atoms with Gasteiger partial charge in [0.15, 0.2) is 5.78 Å². The fourth-order valence-electron chi connectivity index (χ4n) is 5.60. The van der Waals surface area contributed by atoms with E-state index in [9.17, 15) is 4.79 Å². The number of pyridine rings is 2. The number of hydrogen-bond acceptors (Lipinski definition) is 4. The second-order valence-corrected chi connectivity index (χ2v) is 13.6. The summed E-state index contributed by atoms with van der Waals surface area (Å²) in [5.41, 5.74) is 25.4. The fraction of sp³-hybridized carbons (Fsp3) is 0.432. The number of rotatable bonds is 3. The summed E-state index contributed by atoms with van der Waals surface area (Å²) in [5.74, 6) is 0.0301. The van der Waals surface area contributed by atoms with Gasteiger partial charge in [0.05, 0.1) is 5.76 Å². The molecule has 2 aromatic heterocycles. The van der Waals surface area contributed by atoms with Crippen LogP contribution in [0.5, 0.6) is 0 Å². The Labute approximate surface area is 311 Å². The third kappa shape index (κ3) is 9.44. The second kappa shape index (κ2) is 17.5. The van der Waals surface area contributed by atoms with Gasteiger partial charge in [0, 0.05) is 37.1 Å². The van der Waals surface area contributed by atoms with Crippen molar-refractivity contribution in [2.75, 3.05) is 0 Å². The first-order valence-electron chi connectivity index (χ1n) is 16.8. The van der Waals surface area contributed by atoms with Gasteiger partial charge >= 0.3 is 0 Å². The number of hydrogen-bond donors (Lipinski definition) is 1. The van der Waals surface area contributed by atoms with Crippen LogP contribution in [0.4, 0.5) is 0 Å². The number of aromatic nitrogens is 2. The average Bonchev–Trinajstić information content (AvgIpc) is 3.04. The number of allylic oxidation sites excluding steroid dienone is 2. The van der Waals surface area contributed by atoms with Crippen LogP contribution in [0.3, 0.4) is 0 Å². The summed E-state index contributed by atoms with van der Waals surface area (Å²) in [6.07, 6.45) is 0. The van der Waals surface area contributed by atoms with E-state index in [-0.39, 0.29) is 31.6 Å². The van der Waals surface area contributed by atoms with Crippen LogP contribution in [-0.2, 0) is 24.9 Å². The molecule has 4 aromatic rings. The van der Waals surface area contributed by atoms with E-state index in [1.165, 1.54) is 91.7 Å². The van der Waals surface area contributed by atoms with Crippen molar-refractivity contribution in [1.82, 2.24) is 9.97 Å². The number of aryl methyl sites for hydroxylation is 4. The summed E-state index contributed by atoms with van der Waals surface area (Å²) >= 11 is 0. The standard InChI is InChI=1S/2C19H24N.C6H10O2.Ir/c2*1-10-9-18(15(6)12(3)11(10)2)19-16(7)13(4)14(5)17(8)20-19;1-4(5(2)7)6(3)8;/h2*1-8H3;7H,1-3H3;/q2*-1;;/b;;5-4-;. The Morgan fingerprint density at radius 3 is 0.980 bits per heavy atom. The quantitative estimate of drug-likeness (QED) is 0.127. The predicted molar refractivity (Wildman–Crippen MR) is 204 cm³/mol. The average molecular weight is 839 g/mol. The third-order valence-corrected chi connectivity index (χ3v) is 10.9. The monoisotopic (exact) mass is 839 g/mol. The van der Waals surface area contributed by atoms with Crippen LogP contribution in [0.1, 0.15) is 110 Å². The molecule has 0 bridgehead atoms. The molecule has 0 fully saturated rings. The SMILES string of the molecule is CC(=O)/C(C)=C(/C)O.Cc1[c-]c(-c2nc(C)c(C)c(C)c2C)c(C)c(C)c1C.Cc1[c-]c(-c2nc(C)c(C)c(C)c2C)c(C)c(C)c1C.[Ir]. The maximum absolute atomic E-state index is 10.4. The van der Waals surface area contributed by atoms with Crippen LogP contribution in [0.25, 0.3) is 22.5 Å². The summed E-state index contributed by atoms with van der Waals surface area (Å²) < 4.78 is 0. The molecule has 49 heavy (non-hydrogen) atoms. The molecule has 4 nitrogen and oxygen atoms in total. The van der Waals surface area contributed by atoms with Crippen molar-refractivity contribution in [3.8, 4) is 22.5 Å². The molecule has 0 amide bonds. The molecule has 0 saturated heterocycles. The molecule has 0 saturated carbocycles. The number of carbonyl (C=O) groups is 1. The molecular formula is C44H58IrN2O2-2. The molecule has 0 unspecified atom stereocenters. The Hall–Kier alpha value is -3.40. The van der Waals surface area contributed by atoms with Gasteiger partial charge in [-0.15, -0.1) is 67.8 Å². The Bertz CT molecular complexity index is 1680. The molecule has 0 atom stereocenters. The van der Waals surface area contributed by atoms with Gasteiger partial charge in [-0.3, -0.25) is 4.79 Å². The van der Waals surface area contributed by atoms with Crippen LogP contribution in [0.2, 0.25) is 0 Å². The minimum absolute atomic E-state index is 0. The zero-order chi connectivity index (χ0) is 37.1. The van der Waals surface area contributed by atoms with Crippen LogP contribution in [-0.4, -0.2) is 20.9 Å². The number of benzene rings is 2. The number of ketones is 1. The first-order valence-corrected chi connectivity index (χ1v) is 16.8. The number of carbonyl (C=O) groups excluding carboxylic acids is 1. The number of aliphatic hydroxyl groups excluding tert-OH is 1. The van der Waals surface area contributed by atoms with Crippen molar-refractivity contribution in [2.45, 2.75) is 132 Å². The molecule has 1 N–H and O–H groups in total. The van der Waals surface area contributed by atoms with Crippen molar-refractivity contribution in [3.63, 3.8) is 0 Å². The van der Waals surface area contributed by atoms with Crippen molar-refractivity contribution >= 4 is 5.78 Å². The van der Waals surface area contributed by atoms with Crippen LogP contribution in [0, 0.1) is 123 Å². The zero-order valence-corrected chi connectivity index (χ0v) is 36.0. The zero-order valence-electron chi connectivity index (χ0n) is 33.6. The topological polar surface area (TPSA) is 63.1 Å². The predicted octanol–water partition coefficient (Wildman–Crippen LogP) is 11.5. The third-order valence-electron chi connectivity index (χ3n) is 10.9. The summed E-state index contributed by atoms with van der Waals surface area (Å²) in [5, 5.41) is 8.65. The maximum Gasteiger partial charge on any atom is 0.158 e. The first-order chi connectivity index (χ1) is 22.1. The Morgan fingerprint density at radius 2 is 0.735 bits per heavy atom. The van der Waals surface area contributed by atoms with Gasteiger partial charge in [-0.05, 0) is 98.7 Å². The summed E-state index contributed by atoms with van der Waals surface area (Å²) in [4.78, 5) is 20.1. The molecule has 5 heteroatoms. The van der Waals surface area contributed by atoms with E-state index in [1.54, 1.807) is 6.92 Å². The minimum Gasteiger partial charge on any atom is -0.512 e. The largest absolute Gasteiger partial charge is 0.512 e. The fourth-order valence-corrected chi connectivity index (χ4v) is 5.60. The molecule has 1 radical (unpaired) electrons. The first kappa shape index (κ1) is 43.6. The summed E-state index contributed by atoms with van der Waals surface area (Å²) in [6.45, 7) is 39.1. The van der Waals surface area contributed by atoms with E-state index < -0.39 is 0 Å². The molecule has 0 aliphatic heterocycles. The Kier molecular flexibility index (Phi) is 15.6. The van der Waals surface area contributed by atoms with Gasteiger partial charge in [0.2, 0.25) is 0 Å². The summed E-state index contributed by atoms with van der Waals surface area (Å²) in [6, 6.07) is 7.11. The van der Waals surface area contributed by atoms with Crippen LogP contribution in [0.15, 0.2) is 11.3 Å². The van der Waals surface area contributed by atoms with E-state index in [0.29, 0.717) is 5.57 Å². The molecule has 2 heterocycles.